The fourth-order valence-corrected chi connectivity index (χ4v) is 3.46. The molecule has 2 N–H and O–H groups in total. The molecule has 1 aliphatic rings. The van der Waals surface area contributed by atoms with E-state index in [4.69, 9.17) is 5.73 Å². The topological polar surface area (TPSA) is 29.3 Å². The molecule has 2 unspecified atom stereocenters. The number of benzene rings is 2. The van der Waals surface area contributed by atoms with E-state index in [-0.39, 0.29) is 6.04 Å². The fourth-order valence-electron chi connectivity index (χ4n) is 3.46. The zero-order valence-corrected chi connectivity index (χ0v) is 12.3. The van der Waals surface area contributed by atoms with Crippen molar-refractivity contribution in [3.63, 3.8) is 0 Å². The molecule has 0 aromatic heterocycles. The SMILES string of the molecule is CC(N)C1CCCCN1Cc1cccc2ccccc12. The Hall–Kier alpha value is -1.38. The van der Waals surface area contributed by atoms with Gasteiger partial charge < -0.3 is 5.73 Å². The highest BCUT2D eigenvalue weighted by molar-refractivity contribution is 5.85. The zero-order chi connectivity index (χ0) is 13.9. The monoisotopic (exact) mass is 268 g/mol. The number of hydrogen-bond acceptors (Lipinski definition) is 2. The highest BCUT2D eigenvalue weighted by Gasteiger charge is 2.25. The summed E-state index contributed by atoms with van der Waals surface area (Å²) in [6.45, 7) is 4.34. The molecule has 0 spiro atoms. The minimum absolute atomic E-state index is 0.255. The summed E-state index contributed by atoms with van der Waals surface area (Å²) in [5, 5.41) is 2.71. The molecule has 20 heavy (non-hydrogen) atoms. The van der Waals surface area contributed by atoms with Crippen molar-refractivity contribution in [3.05, 3.63) is 48.0 Å². The van der Waals surface area contributed by atoms with Crippen LogP contribution in [0.5, 0.6) is 0 Å². The molecule has 0 aliphatic carbocycles. The first-order chi connectivity index (χ1) is 9.75. The van der Waals surface area contributed by atoms with Gasteiger partial charge in [0.05, 0.1) is 0 Å². The van der Waals surface area contributed by atoms with E-state index in [1.54, 1.807) is 0 Å². The van der Waals surface area contributed by atoms with Gasteiger partial charge in [0.25, 0.3) is 0 Å². The lowest BCUT2D eigenvalue weighted by atomic mass is 9.95. The number of hydrogen-bond donors (Lipinski definition) is 1. The number of rotatable bonds is 3. The van der Waals surface area contributed by atoms with Crippen LogP contribution in [0, 0.1) is 0 Å². The summed E-state index contributed by atoms with van der Waals surface area (Å²) in [6.07, 6.45) is 3.86. The molecule has 1 fully saturated rings. The van der Waals surface area contributed by atoms with Gasteiger partial charge in [-0.1, -0.05) is 48.9 Å². The van der Waals surface area contributed by atoms with Gasteiger partial charge in [-0.2, -0.15) is 0 Å². The summed E-state index contributed by atoms with van der Waals surface area (Å²) < 4.78 is 0. The van der Waals surface area contributed by atoms with Crippen LogP contribution in [0.15, 0.2) is 42.5 Å². The van der Waals surface area contributed by atoms with Gasteiger partial charge in [-0.3, -0.25) is 4.90 Å². The molecule has 2 atom stereocenters. The third kappa shape index (κ3) is 2.72. The Morgan fingerprint density at radius 2 is 1.95 bits per heavy atom. The van der Waals surface area contributed by atoms with E-state index in [1.165, 1.54) is 42.1 Å². The van der Waals surface area contributed by atoms with Crippen LogP contribution in [0.3, 0.4) is 0 Å². The Labute approximate surface area is 121 Å². The van der Waals surface area contributed by atoms with Crippen molar-refractivity contribution in [2.75, 3.05) is 6.54 Å². The fraction of sp³-hybridized carbons (Fsp3) is 0.444. The number of fused-ring (bicyclic) bond motifs is 1. The Balaban J connectivity index is 1.88. The third-order valence-corrected chi connectivity index (χ3v) is 4.52. The van der Waals surface area contributed by atoms with Crippen LogP contribution >= 0.6 is 0 Å². The standard InChI is InChI=1S/C18H24N2/c1-14(19)18-11-4-5-12-20(18)13-16-9-6-8-15-7-2-3-10-17(15)16/h2-3,6-10,14,18H,4-5,11-13,19H2,1H3. The van der Waals surface area contributed by atoms with Crippen LogP contribution in [0.1, 0.15) is 31.7 Å². The smallest absolute Gasteiger partial charge is 0.0248 e. The van der Waals surface area contributed by atoms with Crippen LogP contribution in [-0.4, -0.2) is 23.5 Å². The van der Waals surface area contributed by atoms with Gasteiger partial charge in [0.15, 0.2) is 0 Å². The van der Waals surface area contributed by atoms with Gasteiger partial charge in [0.2, 0.25) is 0 Å². The lowest BCUT2D eigenvalue weighted by Crippen LogP contribution is -2.48. The second-order valence-electron chi connectivity index (χ2n) is 6.03. The second kappa shape index (κ2) is 5.94. The predicted molar refractivity (Wildman–Crippen MR) is 85.6 cm³/mol. The molecule has 2 nitrogen and oxygen atoms in total. The number of nitrogens with two attached hydrogens (primary N) is 1. The molecular weight excluding hydrogens is 244 g/mol. The molecule has 106 valence electrons. The van der Waals surface area contributed by atoms with Gasteiger partial charge in [-0.25, -0.2) is 0 Å². The quantitative estimate of drug-likeness (QED) is 0.922. The van der Waals surface area contributed by atoms with Gasteiger partial charge in [-0.15, -0.1) is 0 Å². The van der Waals surface area contributed by atoms with Gasteiger partial charge in [0, 0.05) is 18.6 Å². The van der Waals surface area contributed by atoms with Crippen molar-refractivity contribution < 1.29 is 0 Å². The molecule has 1 heterocycles. The molecule has 1 aliphatic heterocycles. The Bertz CT molecular complexity index is 571. The molecule has 0 radical (unpaired) electrons. The van der Waals surface area contributed by atoms with Gasteiger partial charge in [0.1, 0.15) is 0 Å². The number of nitrogens with zero attached hydrogens (tertiary/aromatic N) is 1. The summed E-state index contributed by atoms with van der Waals surface area (Å²) in [7, 11) is 0. The Morgan fingerprint density at radius 3 is 2.80 bits per heavy atom. The molecule has 1 saturated heterocycles. The van der Waals surface area contributed by atoms with Crippen LogP contribution < -0.4 is 5.73 Å². The molecule has 2 aromatic rings. The average molecular weight is 268 g/mol. The van der Waals surface area contributed by atoms with Crippen molar-refractivity contribution >= 4 is 10.8 Å². The van der Waals surface area contributed by atoms with E-state index in [9.17, 15) is 0 Å². The minimum atomic E-state index is 0.255. The van der Waals surface area contributed by atoms with E-state index < -0.39 is 0 Å². The van der Waals surface area contributed by atoms with E-state index in [0.29, 0.717) is 6.04 Å². The number of piperidine rings is 1. The molecule has 0 saturated carbocycles. The van der Waals surface area contributed by atoms with Crippen molar-refractivity contribution in [1.82, 2.24) is 4.90 Å². The average Bonchev–Trinajstić information content (AvgIpc) is 2.48. The highest BCUT2D eigenvalue weighted by Crippen LogP contribution is 2.25. The van der Waals surface area contributed by atoms with Crippen LogP contribution in [0.4, 0.5) is 0 Å². The molecule has 0 bridgehead atoms. The van der Waals surface area contributed by atoms with Gasteiger partial charge >= 0.3 is 0 Å². The van der Waals surface area contributed by atoms with Crippen molar-refractivity contribution in [1.29, 1.82) is 0 Å². The van der Waals surface area contributed by atoms with Crippen molar-refractivity contribution in [2.45, 2.75) is 44.8 Å². The van der Waals surface area contributed by atoms with Crippen LogP contribution in [0.2, 0.25) is 0 Å². The van der Waals surface area contributed by atoms with Crippen LogP contribution in [-0.2, 0) is 6.54 Å². The first-order valence-corrected chi connectivity index (χ1v) is 7.72. The lowest BCUT2D eigenvalue weighted by Gasteiger charge is -2.38. The lowest BCUT2D eigenvalue weighted by molar-refractivity contribution is 0.123. The van der Waals surface area contributed by atoms with E-state index >= 15 is 0 Å². The summed E-state index contributed by atoms with van der Waals surface area (Å²) in [5.74, 6) is 0. The summed E-state index contributed by atoms with van der Waals surface area (Å²) in [4.78, 5) is 2.58. The molecule has 2 heteroatoms. The maximum absolute atomic E-state index is 6.18. The number of likely N-dealkylation sites (tertiary alicyclic amines) is 1. The van der Waals surface area contributed by atoms with Crippen LogP contribution in [0.25, 0.3) is 10.8 Å². The minimum Gasteiger partial charge on any atom is -0.327 e. The third-order valence-electron chi connectivity index (χ3n) is 4.52. The summed E-state index contributed by atoms with van der Waals surface area (Å²) >= 11 is 0. The largest absolute Gasteiger partial charge is 0.327 e. The second-order valence-corrected chi connectivity index (χ2v) is 6.03. The molecular formula is C18H24N2. The van der Waals surface area contributed by atoms with Gasteiger partial charge in [-0.05, 0) is 42.6 Å². The molecule has 3 rings (SSSR count). The Morgan fingerprint density at radius 1 is 1.15 bits per heavy atom. The Kier molecular flexibility index (Phi) is 4.04. The van der Waals surface area contributed by atoms with E-state index in [0.717, 1.165) is 6.54 Å². The first-order valence-electron chi connectivity index (χ1n) is 7.72. The summed E-state index contributed by atoms with van der Waals surface area (Å²) in [6, 6.07) is 16.1. The summed E-state index contributed by atoms with van der Waals surface area (Å²) in [5.41, 5.74) is 7.61. The normalized spacial score (nSPS) is 22.0. The molecule has 0 amide bonds. The van der Waals surface area contributed by atoms with Crippen molar-refractivity contribution in [2.24, 2.45) is 5.73 Å². The zero-order valence-electron chi connectivity index (χ0n) is 12.3. The van der Waals surface area contributed by atoms with E-state index in [2.05, 4.69) is 54.3 Å². The van der Waals surface area contributed by atoms with Crippen molar-refractivity contribution in [3.8, 4) is 0 Å². The predicted octanol–water partition coefficient (Wildman–Crippen LogP) is 3.54. The first kappa shape index (κ1) is 13.6. The maximum Gasteiger partial charge on any atom is 0.0248 e. The maximum atomic E-state index is 6.18. The highest BCUT2D eigenvalue weighted by atomic mass is 15.2. The van der Waals surface area contributed by atoms with E-state index in [1.807, 2.05) is 0 Å². The molecule has 2 aromatic carbocycles.